The Bertz CT molecular complexity index is 744. The molecule has 0 aromatic heterocycles. The monoisotopic (exact) mass is 422 g/mol. The Morgan fingerprint density at radius 3 is 2.50 bits per heavy atom. The molecule has 0 saturated carbocycles. The average Bonchev–Trinajstić information content (AvgIpc) is 2.72. The number of nitrogens with one attached hydrogen (secondary N) is 1. The third-order valence-electron chi connectivity index (χ3n) is 5.13. The second-order valence-corrected chi connectivity index (χ2v) is 7.48. The minimum Gasteiger partial charge on any atom is -0.488 e. The minimum atomic E-state index is 0. The highest BCUT2D eigenvalue weighted by Crippen LogP contribution is 2.25. The number of para-hydroxylation sites is 1. The Labute approximate surface area is 178 Å². The zero-order chi connectivity index (χ0) is 19.1. The quantitative estimate of drug-likeness (QED) is 0.696. The molecule has 3 rings (SSSR count). The van der Waals surface area contributed by atoms with Gasteiger partial charge in [0.2, 0.25) is 0 Å². The molecule has 4 nitrogen and oxygen atoms in total. The van der Waals surface area contributed by atoms with E-state index in [1.165, 1.54) is 6.42 Å². The molecule has 1 fully saturated rings. The molecule has 2 aromatic carbocycles. The van der Waals surface area contributed by atoms with Gasteiger partial charge < -0.3 is 15.0 Å². The van der Waals surface area contributed by atoms with Gasteiger partial charge in [0.05, 0.1) is 5.56 Å². The highest BCUT2D eigenvalue weighted by molar-refractivity contribution is 6.30. The number of carbonyl (C=O) groups excluding carboxylic acids is 1. The zero-order valence-corrected chi connectivity index (χ0v) is 17.8. The maximum atomic E-state index is 13.0. The van der Waals surface area contributed by atoms with Gasteiger partial charge in [0.1, 0.15) is 12.4 Å². The summed E-state index contributed by atoms with van der Waals surface area (Å²) in [5.74, 6) is 1.40. The Kier molecular flexibility index (Phi) is 9.10. The van der Waals surface area contributed by atoms with Gasteiger partial charge in [-0.2, -0.15) is 0 Å². The molecule has 1 heterocycles. The van der Waals surface area contributed by atoms with Gasteiger partial charge in [-0.05, 0) is 68.6 Å². The molecule has 0 bridgehead atoms. The van der Waals surface area contributed by atoms with Crippen molar-refractivity contribution in [3.8, 4) is 5.75 Å². The molecule has 0 unspecified atom stereocenters. The molecule has 0 spiro atoms. The third-order valence-corrected chi connectivity index (χ3v) is 5.38. The van der Waals surface area contributed by atoms with E-state index in [1.807, 2.05) is 60.5 Å². The molecule has 1 saturated heterocycles. The maximum absolute atomic E-state index is 13.0. The Hall–Kier alpha value is -1.75. The van der Waals surface area contributed by atoms with Crippen molar-refractivity contribution in [1.82, 2.24) is 10.2 Å². The lowest BCUT2D eigenvalue weighted by atomic mass is 9.93. The predicted molar refractivity (Wildman–Crippen MR) is 117 cm³/mol. The van der Waals surface area contributed by atoms with E-state index >= 15 is 0 Å². The first-order chi connectivity index (χ1) is 13.2. The number of likely N-dealkylation sites (tertiary alicyclic amines) is 1. The molecule has 0 aliphatic carbocycles. The van der Waals surface area contributed by atoms with Gasteiger partial charge in [-0.1, -0.05) is 35.9 Å². The van der Waals surface area contributed by atoms with Crippen LogP contribution in [-0.2, 0) is 6.61 Å². The Morgan fingerprint density at radius 1 is 1.14 bits per heavy atom. The fourth-order valence-electron chi connectivity index (χ4n) is 3.45. The fourth-order valence-corrected chi connectivity index (χ4v) is 3.58. The van der Waals surface area contributed by atoms with Crippen LogP contribution >= 0.6 is 24.0 Å². The predicted octanol–water partition coefficient (Wildman–Crippen LogP) is 4.80. The van der Waals surface area contributed by atoms with E-state index in [-0.39, 0.29) is 18.3 Å². The van der Waals surface area contributed by atoms with Crippen molar-refractivity contribution in [2.24, 2.45) is 5.92 Å². The average molecular weight is 423 g/mol. The van der Waals surface area contributed by atoms with Crippen LogP contribution in [-0.4, -0.2) is 37.5 Å². The van der Waals surface area contributed by atoms with Crippen LogP contribution < -0.4 is 10.1 Å². The summed E-state index contributed by atoms with van der Waals surface area (Å²) in [6, 6.07) is 15.1. The molecule has 6 heteroatoms. The van der Waals surface area contributed by atoms with Crippen molar-refractivity contribution in [2.75, 3.05) is 26.7 Å². The molecular weight excluding hydrogens is 395 g/mol. The van der Waals surface area contributed by atoms with E-state index in [4.69, 9.17) is 16.3 Å². The lowest BCUT2D eigenvalue weighted by Gasteiger charge is -2.32. The van der Waals surface area contributed by atoms with Gasteiger partial charge in [0.15, 0.2) is 0 Å². The van der Waals surface area contributed by atoms with Crippen LogP contribution in [0.4, 0.5) is 0 Å². The first-order valence-corrected chi connectivity index (χ1v) is 9.95. The molecular formula is C22H28Cl2N2O2. The van der Waals surface area contributed by atoms with Gasteiger partial charge in [0, 0.05) is 18.1 Å². The van der Waals surface area contributed by atoms with Gasteiger partial charge in [0.25, 0.3) is 5.91 Å². The molecule has 1 aliphatic heterocycles. The van der Waals surface area contributed by atoms with E-state index in [1.54, 1.807) is 0 Å². The number of piperidine rings is 1. The summed E-state index contributed by atoms with van der Waals surface area (Å²) in [7, 11) is 1.99. The van der Waals surface area contributed by atoms with Crippen LogP contribution in [0, 0.1) is 5.92 Å². The highest BCUT2D eigenvalue weighted by atomic mass is 35.5. The summed E-state index contributed by atoms with van der Waals surface area (Å²) in [5.41, 5.74) is 1.66. The second-order valence-electron chi connectivity index (χ2n) is 7.04. The number of halogens is 2. The summed E-state index contributed by atoms with van der Waals surface area (Å²) in [6.45, 7) is 3.09. The van der Waals surface area contributed by atoms with Crippen LogP contribution in [0.1, 0.15) is 35.2 Å². The van der Waals surface area contributed by atoms with Crippen LogP contribution in [0.25, 0.3) is 0 Å². The Balaban J connectivity index is 0.00000280. The van der Waals surface area contributed by atoms with E-state index in [0.29, 0.717) is 28.9 Å². The maximum Gasteiger partial charge on any atom is 0.257 e. The van der Waals surface area contributed by atoms with E-state index in [2.05, 4.69) is 5.32 Å². The van der Waals surface area contributed by atoms with Crippen LogP contribution in [0.15, 0.2) is 48.5 Å². The molecule has 1 N–H and O–H groups in total. The largest absolute Gasteiger partial charge is 0.488 e. The zero-order valence-electron chi connectivity index (χ0n) is 16.2. The first kappa shape index (κ1) is 22.5. The van der Waals surface area contributed by atoms with Crippen molar-refractivity contribution in [1.29, 1.82) is 0 Å². The first-order valence-electron chi connectivity index (χ1n) is 9.57. The van der Waals surface area contributed by atoms with Crippen LogP contribution in [0.2, 0.25) is 5.02 Å². The van der Waals surface area contributed by atoms with Crippen LogP contribution in [0.3, 0.4) is 0 Å². The number of carbonyl (C=O) groups is 1. The summed E-state index contributed by atoms with van der Waals surface area (Å²) >= 11 is 5.93. The molecule has 0 atom stereocenters. The van der Waals surface area contributed by atoms with Crippen molar-refractivity contribution >= 4 is 29.9 Å². The number of ether oxygens (including phenoxy) is 1. The summed E-state index contributed by atoms with van der Waals surface area (Å²) in [5, 5.41) is 3.91. The molecule has 152 valence electrons. The van der Waals surface area contributed by atoms with Gasteiger partial charge in [-0.15, -0.1) is 12.4 Å². The molecule has 0 radical (unpaired) electrons. The summed E-state index contributed by atoms with van der Waals surface area (Å²) in [4.78, 5) is 15.0. The molecule has 28 heavy (non-hydrogen) atoms. The van der Waals surface area contributed by atoms with Gasteiger partial charge >= 0.3 is 0 Å². The van der Waals surface area contributed by atoms with E-state index < -0.39 is 0 Å². The standard InChI is InChI=1S/C22H27ClN2O2.ClH/c1-24-13-10-17-11-14-25(15-12-17)22(26)20-4-2-3-5-21(20)27-16-18-6-8-19(23)9-7-18;/h2-9,17,24H,10-16H2,1H3;1H. The normalized spacial score (nSPS) is 14.4. The highest BCUT2D eigenvalue weighted by Gasteiger charge is 2.25. The topological polar surface area (TPSA) is 41.6 Å². The number of hydrogen-bond donors (Lipinski definition) is 1. The van der Waals surface area contributed by atoms with Crippen molar-refractivity contribution in [3.05, 3.63) is 64.7 Å². The third kappa shape index (κ3) is 6.13. The van der Waals surface area contributed by atoms with Gasteiger partial charge in [-0.25, -0.2) is 0 Å². The van der Waals surface area contributed by atoms with Crippen molar-refractivity contribution < 1.29 is 9.53 Å². The second kappa shape index (κ2) is 11.3. The van der Waals surface area contributed by atoms with Crippen LogP contribution in [0.5, 0.6) is 5.75 Å². The minimum absolute atomic E-state index is 0. The van der Waals surface area contributed by atoms with Gasteiger partial charge in [-0.3, -0.25) is 4.79 Å². The van der Waals surface area contributed by atoms with Crippen molar-refractivity contribution in [3.63, 3.8) is 0 Å². The number of amides is 1. The number of nitrogens with zero attached hydrogens (tertiary/aromatic N) is 1. The summed E-state index contributed by atoms with van der Waals surface area (Å²) < 4.78 is 5.95. The SMILES string of the molecule is CNCCC1CCN(C(=O)c2ccccc2OCc2ccc(Cl)cc2)CC1.Cl. The lowest BCUT2D eigenvalue weighted by molar-refractivity contribution is 0.0682. The fraction of sp³-hybridized carbons (Fsp3) is 0.409. The molecule has 1 amide bonds. The lowest BCUT2D eigenvalue weighted by Crippen LogP contribution is -2.39. The Morgan fingerprint density at radius 2 is 1.82 bits per heavy atom. The molecule has 1 aliphatic rings. The number of hydrogen-bond acceptors (Lipinski definition) is 3. The van der Waals surface area contributed by atoms with Crippen molar-refractivity contribution in [2.45, 2.75) is 25.9 Å². The van der Waals surface area contributed by atoms with E-state index in [9.17, 15) is 4.79 Å². The number of benzene rings is 2. The summed E-state index contributed by atoms with van der Waals surface area (Å²) in [6.07, 6.45) is 3.32. The number of rotatable bonds is 7. The molecule has 2 aromatic rings. The van der Waals surface area contributed by atoms with E-state index in [0.717, 1.165) is 38.0 Å². The smallest absolute Gasteiger partial charge is 0.257 e.